The standard InChI is InChI=1S/C25H31NO4/c1-16-11-12-21(25-15-28-24(3,29-30-25)14-13-20(16)25)17(2)23(27)26-22-10-6-8-18-7-4-5-9-19(18)22/h4-10,16-17,20-21H,11-15H2,1-3H3,(H,26,27)/t16-,17-,20+,21+,24-,25-/m1/s1. The summed E-state index contributed by atoms with van der Waals surface area (Å²) in [5.41, 5.74) is 0.303. The zero-order valence-electron chi connectivity index (χ0n) is 18.0. The molecule has 2 aromatic carbocycles. The van der Waals surface area contributed by atoms with E-state index in [1.807, 2.05) is 44.2 Å². The molecule has 5 nitrogen and oxygen atoms in total. The molecule has 3 aliphatic heterocycles. The molecule has 1 aliphatic carbocycles. The second kappa shape index (κ2) is 7.33. The number of fused-ring (bicyclic) bond motifs is 4. The summed E-state index contributed by atoms with van der Waals surface area (Å²) in [5, 5.41) is 5.36. The fraction of sp³-hybridized carbons (Fsp3) is 0.560. The van der Waals surface area contributed by atoms with Crippen LogP contribution in [0.2, 0.25) is 0 Å². The van der Waals surface area contributed by atoms with Crippen LogP contribution < -0.4 is 5.32 Å². The third-order valence-corrected chi connectivity index (χ3v) is 7.83. The van der Waals surface area contributed by atoms with E-state index < -0.39 is 11.4 Å². The van der Waals surface area contributed by atoms with Crippen molar-refractivity contribution in [1.29, 1.82) is 0 Å². The van der Waals surface area contributed by atoms with E-state index in [0.29, 0.717) is 18.4 Å². The largest absolute Gasteiger partial charge is 0.344 e. The summed E-state index contributed by atoms with van der Waals surface area (Å²) in [4.78, 5) is 25.3. The number of hydrogen-bond donors (Lipinski definition) is 1. The van der Waals surface area contributed by atoms with Crippen molar-refractivity contribution < 1.29 is 19.3 Å². The van der Waals surface area contributed by atoms with E-state index in [1.165, 1.54) is 0 Å². The van der Waals surface area contributed by atoms with Crippen LogP contribution in [0.25, 0.3) is 10.8 Å². The Morgan fingerprint density at radius 2 is 1.90 bits per heavy atom. The Balaban J connectivity index is 1.42. The van der Waals surface area contributed by atoms with Gasteiger partial charge in [0.05, 0.1) is 6.61 Å². The lowest BCUT2D eigenvalue weighted by Gasteiger charge is -2.52. The molecule has 160 valence electrons. The number of carbonyl (C=O) groups excluding carboxylic acids is 1. The molecule has 5 heteroatoms. The molecular formula is C25H31NO4. The smallest absolute Gasteiger partial charge is 0.227 e. The average Bonchev–Trinajstić information content (AvgIpc) is 3.01. The molecule has 4 aliphatic rings. The maximum absolute atomic E-state index is 13.4. The van der Waals surface area contributed by atoms with Crippen LogP contribution in [0.1, 0.15) is 46.5 Å². The molecule has 1 amide bonds. The second-order valence-electron chi connectivity index (χ2n) is 9.66. The molecule has 0 unspecified atom stereocenters. The summed E-state index contributed by atoms with van der Waals surface area (Å²) >= 11 is 0. The van der Waals surface area contributed by atoms with Gasteiger partial charge in [-0.25, -0.2) is 9.78 Å². The van der Waals surface area contributed by atoms with Gasteiger partial charge < -0.3 is 10.1 Å². The molecule has 2 aromatic rings. The minimum absolute atomic E-state index is 0.0280. The first kappa shape index (κ1) is 20.0. The van der Waals surface area contributed by atoms with Gasteiger partial charge in [0.15, 0.2) is 5.79 Å². The van der Waals surface area contributed by atoms with Gasteiger partial charge in [-0.2, -0.15) is 0 Å². The number of hydrogen-bond acceptors (Lipinski definition) is 4. The third-order valence-electron chi connectivity index (χ3n) is 7.83. The lowest BCUT2D eigenvalue weighted by molar-refractivity contribution is -0.516. The van der Waals surface area contributed by atoms with Crippen molar-refractivity contribution in [3.05, 3.63) is 42.5 Å². The third kappa shape index (κ3) is 3.15. The van der Waals surface area contributed by atoms with E-state index in [1.54, 1.807) is 0 Å². The predicted octanol–water partition coefficient (Wildman–Crippen LogP) is 5.30. The lowest BCUT2D eigenvalue weighted by Crippen LogP contribution is -2.61. The molecular weight excluding hydrogens is 378 g/mol. The summed E-state index contributed by atoms with van der Waals surface area (Å²) in [7, 11) is 0. The Kier molecular flexibility index (Phi) is 4.88. The van der Waals surface area contributed by atoms with Crippen LogP contribution in [-0.2, 0) is 19.3 Å². The van der Waals surface area contributed by atoms with Crippen molar-refractivity contribution in [3.8, 4) is 0 Å². The van der Waals surface area contributed by atoms with Gasteiger partial charge in [0.2, 0.25) is 5.91 Å². The summed E-state index contributed by atoms with van der Waals surface area (Å²) < 4.78 is 6.16. The summed E-state index contributed by atoms with van der Waals surface area (Å²) in [6.45, 7) is 6.77. The first-order valence-corrected chi connectivity index (χ1v) is 11.2. The van der Waals surface area contributed by atoms with Gasteiger partial charge in [-0.1, -0.05) is 50.2 Å². The first-order chi connectivity index (χ1) is 14.4. The lowest BCUT2D eigenvalue weighted by atomic mass is 9.60. The molecule has 1 saturated carbocycles. The molecule has 3 heterocycles. The Hall–Kier alpha value is -1.95. The highest BCUT2D eigenvalue weighted by molar-refractivity contribution is 6.02. The molecule has 3 saturated heterocycles. The van der Waals surface area contributed by atoms with Crippen LogP contribution in [-0.4, -0.2) is 23.9 Å². The van der Waals surface area contributed by atoms with Crippen LogP contribution in [0.5, 0.6) is 0 Å². The van der Waals surface area contributed by atoms with Gasteiger partial charge in [-0.05, 0) is 49.5 Å². The SMILES string of the molecule is C[C@@H]1CC[C@@H]([C@@H](C)C(=O)Nc2cccc3ccccc23)[C@@]23CO[C@@](C)(CC[C@@H]12)OO3. The van der Waals surface area contributed by atoms with Gasteiger partial charge in [0.25, 0.3) is 0 Å². The highest BCUT2D eigenvalue weighted by atomic mass is 17.2. The molecule has 2 bridgehead atoms. The molecule has 1 N–H and O–H groups in total. The van der Waals surface area contributed by atoms with E-state index in [4.69, 9.17) is 14.5 Å². The van der Waals surface area contributed by atoms with Gasteiger partial charge in [0, 0.05) is 29.3 Å². The summed E-state index contributed by atoms with van der Waals surface area (Å²) in [6, 6.07) is 14.1. The monoisotopic (exact) mass is 409 g/mol. The Morgan fingerprint density at radius 3 is 2.70 bits per heavy atom. The predicted molar refractivity (Wildman–Crippen MR) is 116 cm³/mol. The van der Waals surface area contributed by atoms with E-state index >= 15 is 0 Å². The van der Waals surface area contributed by atoms with E-state index in [9.17, 15) is 4.79 Å². The Bertz CT molecular complexity index is 944. The van der Waals surface area contributed by atoms with Crippen LogP contribution in [0, 0.1) is 23.7 Å². The topological polar surface area (TPSA) is 56.8 Å². The number of anilines is 1. The van der Waals surface area contributed by atoms with Crippen molar-refractivity contribution in [2.75, 3.05) is 11.9 Å². The first-order valence-electron chi connectivity index (χ1n) is 11.2. The van der Waals surface area contributed by atoms with Crippen LogP contribution >= 0.6 is 0 Å². The van der Waals surface area contributed by atoms with Crippen molar-refractivity contribution >= 4 is 22.4 Å². The van der Waals surface area contributed by atoms with Crippen molar-refractivity contribution in [2.24, 2.45) is 23.7 Å². The van der Waals surface area contributed by atoms with E-state index in [0.717, 1.165) is 42.1 Å². The minimum Gasteiger partial charge on any atom is -0.344 e. The molecule has 6 atom stereocenters. The van der Waals surface area contributed by atoms with E-state index in [-0.39, 0.29) is 17.7 Å². The number of benzene rings is 2. The second-order valence-corrected chi connectivity index (χ2v) is 9.66. The van der Waals surface area contributed by atoms with Gasteiger partial charge >= 0.3 is 0 Å². The number of carbonyl (C=O) groups is 1. The highest BCUT2D eigenvalue weighted by Gasteiger charge is 2.61. The number of amides is 1. The average molecular weight is 410 g/mol. The molecule has 1 spiro atoms. The molecule has 30 heavy (non-hydrogen) atoms. The molecule has 6 rings (SSSR count). The van der Waals surface area contributed by atoms with E-state index in [2.05, 4.69) is 24.4 Å². The molecule has 4 fully saturated rings. The Labute approximate surface area is 178 Å². The van der Waals surface area contributed by atoms with Crippen LogP contribution in [0.15, 0.2) is 42.5 Å². The minimum atomic E-state index is -0.665. The van der Waals surface area contributed by atoms with Crippen molar-refractivity contribution in [2.45, 2.75) is 57.8 Å². The maximum atomic E-state index is 13.4. The fourth-order valence-corrected chi connectivity index (χ4v) is 5.96. The number of ether oxygens (including phenoxy) is 1. The zero-order chi connectivity index (χ0) is 20.9. The molecule has 0 aromatic heterocycles. The maximum Gasteiger partial charge on any atom is 0.227 e. The molecule has 0 radical (unpaired) electrons. The number of nitrogens with one attached hydrogen (secondary N) is 1. The van der Waals surface area contributed by atoms with Gasteiger partial charge in [-0.3, -0.25) is 4.79 Å². The highest BCUT2D eigenvalue weighted by Crippen LogP contribution is 2.55. The van der Waals surface area contributed by atoms with Crippen LogP contribution in [0.4, 0.5) is 5.69 Å². The normalized spacial score (nSPS) is 36.7. The quantitative estimate of drug-likeness (QED) is 0.699. The summed E-state index contributed by atoms with van der Waals surface area (Å²) in [6.07, 6.45) is 3.87. The fourth-order valence-electron chi connectivity index (χ4n) is 5.96. The number of rotatable bonds is 3. The Morgan fingerprint density at radius 1 is 1.10 bits per heavy atom. The zero-order valence-corrected chi connectivity index (χ0v) is 18.0. The van der Waals surface area contributed by atoms with Crippen molar-refractivity contribution in [1.82, 2.24) is 0 Å². The van der Waals surface area contributed by atoms with Gasteiger partial charge in [-0.15, -0.1) is 0 Å². The van der Waals surface area contributed by atoms with Gasteiger partial charge in [0.1, 0.15) is 5.60 Å². The van der Waals surface area contributed by atoms with Crippen molar-refractivity contribution in [3.63, 3.8) is 0 Å². The summed E-state index contributed by atoms with van der Waals surface area (Å²) in [5.74, 6) is 0.0715. The van der Waals surface area contributed by atoms with Crippen LogP contribution in [0.3, 0.4) is 0 Å².